The Labute approximate surface area is 144 Å². The predicted octanol–water partition coefficient (Wildman–Crippen LogP) is 2.52. The second-order valence-electron chi connectivity index (χ2n) is 6.31. The Morgan fingerprint density at radius 3 is 2.57 bits per heavy atom. The third-order valence-electron chi connectivity index (χ3n) is 4.75. The van der Waals surface area contributed by atoms with Crippen molar-refractivity contribution in [3.8, 4) is 0 Å². The van der Waals surface area contributed by atoms with Gasteiger partial charge in [0.15, 0.2) is 0 Å². The van der Waals surface area contributed by atoms with E-state index in [1.807, 2.05) is 24.3 Å². The largest absolute Gasteiger partial charge is 0.481 e. The number of amides is 1. The van der Waals surface area contributed by atoms with Gasteiger partial charge in [0.25, 0.3) is 0 Å². The molecule has 2 aliphatic rings. The molecule has 0 aliphatic carbocycles. The molecule has 0 unspecified atom stereocenters. The highest BCUT2D eigenvalue weighted by Crippen LogP contribution is 2.30. The molecule has 0 bridgehead atoms. The van der Waals surface area contributed by atoms with Gasteiger partial charge in [-0.3, -0.25) is 14.5 Å². The van der Waals surface area contributed by atoms with E-state index in [1.54, 1.807) is 4.90 Å². The minimum atomic E-state index is -0.805. The van der Waals surface area contributed by atoms with Crippen LogP contribution in [0.5, 0.6) is 0 Å². The lowest BCUT2D eigenvalue weighted by molar-refractivity contribution is -0.141. The van der Waals surface area contributed by atoms with Crippen LogP contribution in [0.3, 0.4) is 0 Å². The Morgan fingerprint density at radius 2 is 1.96 bits per heavy atom. The Morgan fingerprint density at radius 1 is 1.22 bits per heavy atom. The van der Waals surface area contributed by atoms with Crippen LogP contribution in [0, 0.1) is 5.92 Å². The molecule has 1 amide bonds. The molecule has 0 saturated carbocycles. The molecule has 2 aliphatic heterocycles. The summed E-state index contributed by atoms with van der Waals surface area (Å²) in [5.41, 5.74) is 0.977. The molecule has 2 saturated heterocycles. The van der Waals surface area contributed by atoms with Crippen LogP contribution in [0.25, 0.3) is 0 Å². The molecule has 23 heavy (non-hydrogen) atoms. The highest BCUT2D eigenvalue weighted by molar-refractivity contribution is 9.10. The van der Waals surface area contributed by atoms with E-state index in [4.69, 9.17) is 5.11 Å². The average molecular weight is 381 g/mol. The van der Waals surface area contributed by atoms with Crippen LogP contribution in [-0.2, 0) is 9.59 Å². The van der Waals surface area contributed by atoms with Crippen molar-refractivity contribution < 1.29 is 14.7 Å². The number of rotatable bonds is 4. The lowest BCUT2D eigenvalue weighted by Gasteiger charge is -2.30. The number of hydrogen-bond acceptors (Lipinski definition) is 3. The molecule has 2 heterocycles. The topological polar surface area (TPSA) is 60.9 Å². The maximum atomic E-state index is 13.1. The van der Waals surface area contributed by atoms with Crippen molar-refractivity contribution in [3.63, 3.8) is 0 Å². The molecule has 2 fully saturated rings. The number of likely N-dealkylation sites (tertiary alicyclic amines) is 2. The molecule has 1 aromatic carbocycles. The normalized spacial score (nSPS) is 23.2. The number of halogens is 1. The molecule has 124 valence electrons. The molecule has 5 nitrogen and oxygen atoms in total. The van der Waals surface area contributed by atoms with E-state index in [9.17, 15) is 9.59 Å². The van der Waals surface area contributed by atoms with E-state index in [-0.39, 0.29) is 11.9 Å². The lowest BCUT2D eigenvalue weighted by atomic mass is 10.0. The summed E-state index contributed by atoms with van der Waals surface area (Å²) in [6, 6.07) is 7.57. The Kier molecular flexibility index (Phi) is 5.02. The minimum absolute atomic E-state index is 0.0359. The maximum Gasteiger partial charge on any atom is 0.308 e. The number of nitrogens with zero attached hydrogens (tertiary/aromatic N) is 2. The summed E-state index contributed by atoms with van der Waals surface area (Å²) in [5, 5.41) is 9.16. The number of carboxylic acids is 1. The quantitative estimate of drug-likeness (QED) is 0.871. The van der Waals surface area contributed by atoms with Gasteiger partial charge < -0.3 is 10.0 Å². The molecule has 1 aromatic rings. The van der Waals surface area contributed by atoms with Gasteiger partial charge in [-0.15, -0.1) is 0 Å². The van der Waals surface area contributed by atoms with Gasteiger partial charge in [-0.25, -0.2) is 0 Å². The van der Waals surface area contributed by atoms with Crippen molar-refractivity contribution in [1.82, 2.24) is 9.80 Å². The van der Waals surface area contributed by atoms with Crippen LogP contribution in [-0.4, -0.2) is 53.0 Å². The highest BCUT2D eigenvalue weighted by Gasteiger charge is 2.37. The Balaban J connectivity index is 1.83. The first kappa shape index (κ1) is 16.5. The number of benzene rings is 1. The van der Waals surface area contributed by atoms with Crippen molar-refractivity contribution in [2.75, 3.05) is 26.2 Å². The number of carbonyl (C=O) groups is 2. The van der Waals surface area contributed by atoms with Gasteiger partial charge in [0.05, 0.1) is 5.92 Å². The summed E-state index contributed by atoms with van der Waals surface area (Å²) in [6.07, 6.45) is 2.76. The van der Waals surface area contributed by atoms with Gasteiger partial charge in [0.2, 0.25) is 5.91 Å². The summed E-state index contributed by atoms with van der Waals surface area (Å²) in [5.74, 6) is -1.20. The van der Waals surface area contributed by atoms with E-state index in [2.05, 4.69) is 20.8 Å². The number of hydrogen-bond donors (Lipinski definition) is 1. The van der Waals surface area contributed by atoms with Crippen LogP contribution in [0.15, 0.2) is 28.7 Å². The molecule has 1 N–H and O–H groups in total. The zero-order valence-electron chi connectivity index (χ0n) is 12.9. The summed E-state index contributed by atoms with van der Waals surface area (Å²) >= 11 is 3.48. The van der Waals surface area contributed by atoms with Crippen LogP contribution in [0.1, 0.15) is 30.9 Å². The number of carboxylic acid groups (broad SMARTS) is 1. The molecule has 0 aromatic heterocycles. The van der Waals surface area contributed by atoms with Crippen LogP contribution < -0.4 is 0 Å². The standard InChI is InChI=1S/C17H21BrN2O3/c18-14-5-3-4-12(10-14)15(19-7-1-2-8-19)16(21)20-9-6-13(11-20)17(22)23/h3-5,10,13,15H,1-2,6-9,11H2,(H,22,23)/t13-,15+/m0/s1. The van der Waals surface area contributed by atoms with Crippen molar-refractivity contribution in [1.29, 1.82) is 0 Å². The highest BCUT2D eigenvalue weighted by atomic mass is 79.9. The zero-order valence-corrected chi connectivity index (χ0v) is 14.5. The van der Waals surface area contributed by atoms with Crippen LogP contribution in [0.2, 0.25) is 0 Å². The molecule has 0 radical (unpaired) electrons. The fourth-order valence-electron chi connectivity index (χ4n) is 3.52. The lowest BCUT2D eigenvalue weighted by Crippen LogP contribution is -2.41. The van der Waals surface area contributed by atoms with Crippen molar-refractivity contribution in [2.45, 2.75) is 25.3 Å². The fraction of sp³-hybridized carbons (Fsp3) is 0.529. The third kappa shape index (κ3) is 3.58. The molecular weight excluding hydrogens is 360 g/mol. The van der Waals surface area contributed by atoms with Gasteiger partial charge in [0.1, 0.15) is 6.04 Å². The summed E-state index contributed by atoms with van der Waals surface area (Å²) in [4.78, 5) is 28.2. The van der Waals surface area contributed by atoms with E-state index >= 15 is 0 Å². The van der Waals surface area contributed by atoms with Gasteiger partial charge in [0, 0.05) is 17.6 Å². The van der Waals surface area contributed by atoms with E-state index < -0.39 is 11.9 Å². The van der Waals surface area contributed by atoms with Crippen molar-refractivity contribution in [2.24, 2.45) is 5.92 Å². The number of aliphatic carboxylic acids is 1. The number of carbonyl (C=O) groups excluding carboxylic acids is 1. The van der Waals surface area contributed by atoms with Crippen LogP contribution in [0.4, 0.5) is 0 Å². The predicted molar refractivity (Wildman–Crippen MR) is 90.0 cm³/mol. The Hall–Kier alpha value is -1.40. The smallest absolute Gasteiger partial charge is 0.308 e. The van der Waals surface area contributed by atoms with Gasteiger partial charge >= 0.3 is 5.97 Å². The maximum absolute atomic E-state index is 13.1. The fourth-order valence-corrected chi connectivity index (χ4v) is 3.94. The molecule has 3 rings (SSSR count). The van der Waals surface area contributed by atoms with E-state index in [0.29, 0.717) is 19.5 Å². The summed E-state index contributed by atoms with van der Waals surface area (Å²) in [6.45, 7) is 2.69. The van der Waals surface area contributed by atoms with E-state index in [1.165, 1.54) is 0 Å². The van der Waals surface area contributed by atoms with E-state index in [0.717, 1.165) is 36.0 Å². The third-order valence-corrected chi connectivity index (χ3v) is 5.25. The molecule has 2 atom stereocenters. The summed E-state index contributed by atoms with van der Waals surface area (Å²) in [7, 11) is 0. The zero-order chi connectivity index (χ0) is 16.4. The van der Waals surface area contributed by atoms with Gasteiger partial charge in [-0.1, -0.05) is 28.1 Å². The minimum Gasteiger partial charge on any atom is -0.481 e. The Bertz CT molecular complexity index is 601. The summed E-state index contributed by atoms with van der Waals surface area (Å²) < 4.78 is 0.955. The van der Waals surface area contributed by atoms with Crippen molar-refractivity contribution >= 4 is 27.8 Å². The molecule has 0 spiro atoms. The first-order valence-electron chi connectivity index (χ1n) is 8.07. The molecular formula is C17H21BrN2O3. The first-order chi connectivity index (χ1) is 11.1. The van der Waals surface area contributed by atoms with Crippen molar-refractivity contribution in [3.05, 3.63) is 34.3 Å². The first-order valence-corrected chi connectivity index (χ1v) is 8.86. The van der Waals surface area contributed by atoms with Crippen LogP contribution >= 0.6 is 15.9 Å². The second kappa shape index (κ2) is 7.01. The molecule has 6 heteroatoms. The second-order valence-corrected chi connectivity index (χ2v) is 7.22. The average Bonchev–Trinajstić information content (AvgIpc) is 3.19. The van der Waals surface area contributed by atoms with Gasteiger partial charge in [-0.2, -0.15) is 0 Å². The monoisotopic (exact) mass is 380 g/mol. The SMILES string of the molecule is O=C(O)[C@H]1CCN(C(=O)[C@@H](c2cccc(Br)c2)N2CCCC2)C1. The van der Waals surface area contributed by atoms with Gasteiger partial charge in [-0.05, 0) is 50.0 Å².